The maximum absolute atomic E-state index is 5.97. The van der Waals surface area contributed by atoms with Crippen molar-refractivity contribution in [3.05, 3.63) is 34.9 Å². The second kappa shape index (κ2) is 11.3. The molecule has 0 atom stereocenters. The Morgan fingerprint density at radius 1 is 1.40 bits per heavy atom. The predicted octanol–water partition coefficient (Wildman–Crippen LogP) is 3.18. The largest absolute Gasteiger partial charge is 0.381 e. The van der Waals surface area contributed by atoms with E-state index in [0.717, 1.165) is 48.8 Å². The van der Waals surface area contributed by atoms with Crippen LogP contribution in [0.5, 0.6) is 0 Å². The van der Waals surface area contributed by atoms with E-state index in [0.29, 0.717) is 13.2 Å². The Morgan fingerprint density at radius 3 is 2.92 bits per heavy atom. The fourth-order valence-corrected chi connectivity index (χ4v) is 3.17. The normalized spacial score (nSPS) is 16.0. The number of guanidine groups is 1. The van der Waals surface area contributed by atoms with Crippen LogP contribution in [0.4, 0.5) is 0 Å². The lowest BCUT2D eigenvalue weighted by Gasteiger charge is -2.26. The Labute approximate surface area is 156 Å². The topological polar surface area (TPSA) is 46.1 Å². The number of nitrogens with one attached hydrogen (secondary N) is 1. The van der Waals surface area contributed by atoms with E-state index < -0.39 is 0 Å². The van der Waals surface area contributed by atoms with Crippen LogP contribution in [0.1, 0.15) is 24.8 Å². The van der Waals surface area contributed by atoms with Crippen molar-refractivity contribution in [2.24, 2.45) is 10.9 Å². The number of hydrogen-bond acceptors (Lipinski definition) is 3. The Hall–Kier alpha value is -1.30. The van der Waals surface area contributed by atoms with Crippen molar-refractivity contribution in [3.8, 4) is 0 Å². The van der Waals surface area contributed by atoms with Crippen molar-refractivity contribution in [3.63, 3.8) is 0 Å². The van der Waals surface area contributed by atoms with Gasteiger partial charge in [0, 0.05) is 45.4 Å². The van der Waals surface area contributed by atoms with Gasteiger partial charge in [0.25, 0.3) is 0 Å². The molecule has 1 aliphatic rings. The molecular weight excluding hydrogens is 338 g/mol. The molecule has 1 heterocycles. The third-order valence-corrected chi connectivity index (χ3v) is 4.71. The van der Waals surface area contributed by atoms with E-state index in [1.165, 1.54) is 19.3 Å². The van der Waals surface area contributed by atoms with E-state index in [-0.39, 0.29) is 0 Å². The number of rotatable bonds is 8. The molecule has 1 N–H and O–H groups in total. The minimum Gasteiger partial charge on any atom is -0.381 e. The van der Waals surface area contributed by atoms with E-state index in [4.69, 9.17) is 21.1 Å². The van der Waals surface area contributed by atoms with Crippen molar-refractivity contribution >= 4 is 17.6 Å². The fraction of sp³-hybridized carbons (Fsp3) is 0.632. The third kappa shape index (κ3) is 7.63. The zero-order chi connectivity index (χ0) is 17.9. The molecule has 0 aliphatic carbocycles. The molecule has 1 aliphatic heterocycles. The number of aliphatic imine (C=N–C) groups is 1. The Kier molecular flexibility index (Phi) is 9.08. The summed E-state index contributed by atoms with van der Waals surface area (Å²) < 4.78 is 11.1. The minimum atomic E-state index is 0.570. The summed E-state index contributed by atoms with van der Waals surface area (Å²) in [7, 11) is 3.90. The molecule has 0 spiro atoms. The number of halogens is 1. The van der Waals surface area contributed by atoms with Crippen LogP contribution >= 0.6 is 11.6 Å². The van der Waals surface area contributed by atoms with Gasteiger partial charge >= 0.3 is 0 Å². The lowest BCUT2D eigenvalue weighted by atomic mass is 9.96. The highest BCUT2D eigenvalue weighted by Gasteiger charge is 2.15. The van der Waals surface area contributed by atoms with Crippen molar-refractivity contribution in [1.29, 1.82) is 0 Å². The summed E-state index contributed by atoms with van der Waals surface area (Å²) in [6, 6.07) is 7.75. The van der Waals surface area contributed by atoms with Gasteiger partial charge < -0.3 is 19.7 Å². The first-order valence-electron chi connectivity index (χ1n) is 9.00. The number of nitrogens with zero attached hydrogens (tertiary/aromatic N) is 2. The maximum Gasteiger partial charge on any atom is 0.193 e. The summed E-state index contributed by atoms with van der Waals surface area (Å²) in [5.74, 6) is 1.69. The van der Waals surface area contributed by atoms with Crippen LogP contribution in [-0.4, -0.2) is 57.9 Å². The van der Waals surface area contributed by atoms with E-state index >= 15 is 0 Å². The molecule has 2 rings (SSSR count). The van der Waals surface area contributed by atoms with E-state index in [2.05, 4.69) is 22.3 Å². The molecule has 1 aromatic rings. The highest BCUT2D eigenvalue weighted by molar-refractivity contribution is 6.30. The summed E-state index contributed by atoms with van der Waals surface area (Å²) in [5.41, 5.74) is 1.09. The lowest BCUT2D eigenvalue weighted by Crippen LogP contribution is -2.41. The molecule has 0 unspecified atom stereocenters. The molecule has 0 radical (unpaired) electrons. The molecule has 6 heteroatoms. The quantitative estimate of drug-likeness (QED) is 0.435. The molecule has 1 saturated heterocycles. The maximum atomic E-state index is 5.97. The highest BCUT2D eigenvalue weighted by atomic mass is 35.5. The van der Waals surface area contributed by atoms with Crippen LogP contribution < -0.4 is 5.32 Å². The standard InChI is InChI=1S/C19H30ClN3O2/c1-21-19(23(2)10-6-16-7-11-24-12-8-16)22-9-13-25-15-17-4-3-5-18(20)14-17/h3-5,14,16H,6-13,15H2,1-2H3,(H,21,22). The summed E-state index contributed by atoms with van der Waals surface area (Å²) in [6.07, 6.45) is 3.54. The molecule has 0 saturated carbocycles. The number of ether oxygens (including phenoxy) is 2. The monoisotopic (exact) mass is 367 g/mol. The molecule has 1 aromatic carbocycles. The smallest absolute Gasteiger partial charge is 0.193 e. The second-order valence-electron chi connectivity index (χ2n) is 6.42. The van der Waals surface area contributed by atoms with Crippen LogP contribution in [-0.2, 0) is 16.1 Å². The Balaban J connectivity index is 1.60. The van der Waals surface area contributed by atoms with Gasteiger partial charge in [-0.25, -0.2) is 0 Å². The van der Waals surface area contributed by atoms with Crippen LogP contribution in [0.25, 0.3) is 0 Å². The molecule has 140 valence electrons. The molecule has 1 fully saturated rings. The molecule has 0 aromatic heterocycles. The zero-order valence-electron chi connectivity index (χ0n) is 15.3. The van der Waals surface area contributed by atoms with Crippen LogP contribution in [0, 0.1) is 5.92 Å². The van der Waals surface area contributed by atoms with E-state index in [1.54, 1.807) is 0 Å². The summed E-state index contributed by atoms with van der Waals surface area (Å²) in [5, 5.41) is 4.10. The van der Waals surface area contributed by atoms with Gasteiger partial charge in [0.2, 0.25) is 0 Å². The van der Waals surface area contributed by atoms with Crippen LogP contribution in [0.15, 0.2) is 29.3 Å². The van der Waals surface area contributed by atoms with Gasteiger partial charge in [-0.2, -0.15) is 0 Å². The molecule has 0 amide bonds. The van der Waals surface area contributed by atoms with Gasteiger partial charge in [-0.05, 0) is 42.9 Å². The van der Waals surface area contributed by atoms with Crippen LogP contribution in [0.2, 0.25) is 5.02 Å². The molecule has 0 bridgehead atoms. The lowest BCUT2D eigenvalue weighted by molar-refractivity contribution is 0.0625. The van der Waals surface area contributed by atoms with Gasteiger partial charge in [0.1, 0.15) is 0 Å². The van der Waals surface area contributed by atoms with Crippen molar-refractivity contribution in [2.45, 2.75) is 25.9 Å². The number of benzene rings is 1. The third-order valence-electron chi connectivity index (χ3n) is 4.47. The Morgan fingerprint density at radius 2 is 2.20 bits per heavy atom. The fourth-order valence-electron chi connectivity index (χ4n) is 2.95. The zero-order valence-corrected chi connectivity index (χ0v) is 16.1. The van der Waals surface area contributed by atoms with Gasteiger partial charge in [-0.1, -0.05) is 23.7 Å². The minimum absolute atomic E-state index is 0.570. The van der Waals surface area contributed by atoms with Gasteiger partial charge in [-0.15, -0.1) is 0 Å². The predicted molar refractivity (Wildman–Crippen MR) is 103 cm³/mol. The second-order valence-corrected chi connectivity index (χ2v) is 6.86. The molecular formula is C19H30ClN3O2. The van der Waals surface area contributed by atoms with Gasteiger partial charge in [-0.3, -0.25) is 4.99 Å². The van der Waals surface area contributed by atoms with Gasteiger partial charge in [0.05, 0.1) is 13.2 Å². The van der Waals surface area contributed by atoms with Crippen molar-refractivity contribution in [2.75, 3.05) is 47.0 Å². The van der Waals surface area contributed by atoms with Crippen LogP contribution in [0.3, 0.4) is 0 Å². The van der Waals surface area contributed by atoms with Crippen molar-refractivity contribution < 1.29 is 9.47 Å². The van der Waals surface area contributed by atoms with Crippen molar-refractivity contribution in [1.82, 2.24) is 10.2 Å². The first-order valence-corrected chi connectivity index (χ1v) is 9.38. The van der Waals surface area contributed by atoms with E-state index in [9.17, 15) is 0 Å². The first-order chi connectivity index (χ1) is 12.2. The molecule has 5 nitrogen and oxygen atoms in total. The molecule has 25 heavy (non-hydrogen) atoms. The summed E-state index contributed by atoms with van der Waals surface area (Å²) >= 11 is 5.97. The summed E-state index contributed by atoms with van der Waals surface area (Å²) in [4.78, 5) is 6.54. The first kappa shape index (κ1) is 20.0. The average molecular weight is 368 g/mol. The Bertz CT molecular complexity index is 533. The average Bonchev–Trinajstić information content (AvgIpc) is 2.63. The summed E-state index contributed by atoms with van der Waals surface area (Å²) in [6.45, 7) is 4.75. The number of hydrogen-bond donors (Lipinski definition) is 1. The highest BCUT2D eigenvalue weighted by Crippen LogP contribution is 2.18. The SMILES string of the molecule is CN=C(NCCOCc1cccc(Cl)c1)N(C)CCC1CCOCC1. The van der Waals surface area contributed by atoms with Gasteiger partial charge in [0.15, 0.2) is 5.96 Å². The van der Waals surface area contributed by atoms with E-state index in [1.807, 2.05) is 31.3 Å².